The molecule has 0 saturated heterocycles. The second-order valence-electron chi connectivity index (χ2n) is 3.17. The first-order valence-corrected chi connectivity index (χ1v) is 5.80. The molecule has 0 atom stereocenters. The fourth-order valence-electron chi connectivity index (χ4n) is 1.28. The lowest BCUT2D eigenvalue weighted by atomic mass is 10.2. The van der Waals surface area contributed by atoms with Crippen LogP contribution in [-0.2, 0) is 0 Å². The smallest absolute Gasteiger partial charge is 0.140 e. The van der Waals surface area contributed by atoms with Crippen LogP contribution in [0.25, 0.3) is 0 Å². The number of benzene rings is 2. The Bertz CT molecular complexity index is 546. The van der Waals surface area contributed by atoms with Gasteiger partial charge < -0.3 is 4.74 Å². The molecule has 2 aromatic rings. The number of ether oxygens (including phenoxy) is 1. The number of nitriles is 1. The molecule has 0 saturated carbocycles. The quantitative estimate of drug-likeness (QED) is 0.785. The van der Waals surface area contributed by atoms with Gasteiger partial charge in [-0.25, -0.2) is 0 Å². The molecule has 0 radical (unpaired) electrons. The van der Waals surface area contributed by atoms with E-state index in [-0.39, 0.29) is 0 Å². The Morgan fingerprint density at radius 1 is 1.06 bits per heavy atom. The molecule has 2 rings (SSSR count). The van der Waals surface area contributed by atoms with Gasteiger partial charge in [0, 0.05) is 0 Å². The molecular weight excluding hydrogens is 313 g/mol. The third-order valence-electron chi connectivity index (χ3n) is 2.03. The molecule has 78 valence electrons. The molecule has 0 spiro atoms. The van der Waals surface area contributed by atoms with Gasteiger partial charge in [-0.3, -0.25) is 0 Å². The monoisotopic (exact) mass is 321 g/mol. The molecule has 2 aromatic carbocycles. The van der Waals surface area contributed by atoms with Gasteiger partial charge in [-0.05, 0) is 52.9 Å². The van der Waals surface area contributed by atoms with E-state index >= 15 is 0 Å². The third-order valence-corrected chi connectivity index (χ3v) is 2.92. The van der Waals surface area contributed by atoms with Gasteiger partial charge in [0.1, 0.15) is 11.5 Å². The van der Waals surface area contributed by atoms with Gasteiger partial charge >= 0.3 is 0 Å². The summed E-state index contributed by atoms with van der Waals surface area (Å²) in [6.07, 6.45) is 0. The van der Waals surface area contributed by atoms with E-state index in [1.54, 1.807) is 12.1 Å². The summed E-state index contributed by atoms with van der Waals surface area (Å²) in [4.78, 5) is 0. The molecule has 0 N–H and O–H groups in total. The van der Waals surface area contributed by atoms with E-state index < -0.39 is 0 Å². The average Bonchev–Trinajstić information content (AvgIpc) is 2.32. The highest BCUT2D eigenvalue weighted by atomic mass is 127. The third kappa shape index (κ3) is 2.52. The zero-order valence-electron chi connectivity index (χ0n) is 8.35. The Morgan fingerprint density at radius 2 is 1.88 bits per heavy atom. The Labute approximate surface area is 108 Å². The maximum Gasteiger partial charge on any atom is 0.140 e. The molecule has 0 aromatic heterocycles. The van der Waals surface area contributed by atoms with Gasteiger partial charge in [-0.15, -0.1) is 0 Å². The molecule has 0 bridgehead atoms. The molecule has 0 heterocycles. The number of nitrogens with zero attached hydrogens (tertiary/aromatic N) is 1. The summed E-state index contributed by atoms with van der Waals surface area (Å²) >= 11 is 2.22. The minimum absolute atomic E-state index is 0.600. The van der Waals surface area contributed by atoms with Crippen LogP contribution in [0.3, 0.4) is 0 Å². The van der Waals surface area contributed by atoms with Crippen molar-refractivity contribution in [1.29, 1.82) is 5.26 Å². The Kier molecular flexibility index (Phi) is 3.42. The Morgan fingerprint density at radius 3 is 2.62 bits per heavy atom. The fraction of sp³-hybridized carbons (Fsp3) is 0. The first kappa shape index (κ1) is 11.0. The second-order valence-corrected chi connectivity index (χ2v) is 4.33. The zero-order chi connectivity index (χ0) is 11.4. The minimum atomic E-state index is 0.600. The molecule has 0 aliphatic rings. The van der Waals surface area contributed by atoms with Crippen LogP contribution in [-0.4, -0.2) is 0 Å². The largest absolute Gasteiger partial charge is 0.456 e. The van der Waals surface area contributed by atoms with E-state index in [2.05, 4.69) is 28.7 Å². The Balaban J connectivity index is 2.28. The van der Waals surface area contributed by atoms with Crippen molar-refractivity contribution >= 4 is 22.6 Å². The van der Waals surface area contributed by atoms with Crippen molar-refractivity contribution in [1.82, 2.24) is 0 Å². The standard InChI is InChI=1S/C13H8INO/c14-12-6-1-2-7-13(12)16-11-5-3-4-10(8-11)9-15/h1-8H. The summed E-state index contributed by atoms with van der Waals surface area (Å²) in [5.41, 5.74) is 0.600. The van der Waals surface area contributed by atoms with Crippen molar-refractivity contribution in [3.05, 3.63) is 57.7 Å². The van der Waals surface area contributed by atoms with E-state index in [4.69, 9.17) is 10.00 Å². The molecule has 3 heteroatoms. The van der Waals surface area contributed by atoms with E-state index in [0.717, 1.165) is 9.32 Å². The van der Waals surface area contributed by atoms with Crippen molar-refractivity contribution < 1.29 is 4.74 Å². The zero-order valence-corrected chi connectivity index (χ0v) is 10.5. The van der Waals surface area contributed by atoms with Gasteiger partial charge in [-0.2, -0.15) is 5.26 Å². The molecule has 0 amide bonds. The first-order valence-electron chi connectivity index (χ1n) is 4.72. The van der Waals surface area contributed by atoms with E-state index in [1.165, 1.54) is 0 Å². The topological polar surface area (TPSA) is 33.0 Å². The van der Waals surface area contributed by atoms with Crippen LogP contribution >= 0.6 is 22.6 Å². The van der Waals surface area contributed by atoms with Gasteiger partial charge in [0.2, 0.25) is 0 Å². The van der Waals surface area contributed by atoms with Crippen molar-refractivity contribution in [2.75, 3.05) is 0 Å². The van der Waals surface area contributed by atoms with E-state index in [0.29, 0.717) is 11.3 Å². The van der Waals surface area contributed by atoms with Crippen LogP contribution in [0.5, 0.6) is 11.5 Å². The summed E-state index contributed by atoms with van der Waals surface area (Å²) in [6.45, 7) is 0. The fourth-order valence-corrected chi connectivity index (χ4v) is 1.78. The van der Waals surface area contributed by atoms with Crippen LogP contribution in [0.15, 0.2) is 48.5 Å². The van der Waals surface area contributed by atoms with Crippen LogP contribution in [0, 0.1) is 14.9 Å². The van der Waals surface area contributed by atoms with E-state index in [1.807, 2.05) is 36.4 Å². The van der Waals surface area contributed by atoms with Crippen LogP contribution in [0.4, 0.5) is 0 Å². The van der Waals surface area contributed by atoms with Crippen molar-refractivity contribution in [2.45, 2.75) is 0 Å². The van der Waals surface area contributed by atoms with Crippen LogP contribution in [0.2, 0.25) is 0 Å². The predicted octanol–water partition coefficient (Wildman–Crippen LogP) is 3.96. The van der Waals surface area contributed by atoms with Crippen LogP contribution in [0.1, 0.15) is 5.56 Å². The highest BCUT2D eigenvalue weighted by Gasteiger charge is 2.01. The molecule has 0 fully saturated rings. The summed E-state index contributed by atoms with van der Waals surface area (Å²) in [6, 6.07) is 17.0. The molecular formula is C13H8INO. The maximum atomic E-state index is 8.78. The lowest BCUT2D eigenvalue weighted by Gasteiger charge is -2.07. The summed E-state index contributed by atoms with van der Waals surface area (Å²) in [5.74, 6) is 1.49. The van der Waals surface area contributed by atoms with Crippen molar-refractivity contribution in [3.8, 4) is 17.6 Å². The van der Waals surface area contributed by atoms with Gasteiger partial charge in [-0.1, -0.05) is 18.2 Å². The number of rotatable bonds is 2. The highest BCUT2D eigenvalue weighted by molar-refractivity contribution is 14.1. The van der Waals surface area contributed by atoms with Gasteiger partial charge in [0.25, 0.3) is 0 Å². The van der Waals surface area contributed by atoms with Crippen molar-refractivity contribution in [2.24, 2.45) is 0 Å². The normalized spacial score (nSPS) is 9.50. The minimum Gasteiger partial charge on any atom is -0.456 e. The summed E-state index contributed by atoms with van der Waals surface area (Å²) in [5, 5.41) is 8.78. The molecule has 0 aliphatic carbocycles. The summed E-state index contributed by atoms with van der Waals surface area (Å²) < 4.78 is 6.74. The summed E-state index contributed by atoms with van der Waals surface area (Å²) in [7, 11) is 0. The number of hydrogen-bond acceptors (Lipinski definition) is 2. The van der Waals surface area contributed by atoms with Crippen molar-refractivity contribution in [3.63, 3.8) is 0 Å². The Hall–Kier alpha value is -1.54. The SMILES string of the molecule is N#Cc1cccc(Oc2ccccc2I)c1. The van der Waals surface area contributed by atoms with Crippen LogP contribution < -0.4 is 4.74 Å². The predicted molar refractivity (Wildman–Crippen MR) is 70.4 cm³/mol. The molecule has 2 nitrogen and oxygen atoms in total. The molecule has 16 heavy (non-hydrogen) atoms. The molecule has 0 aliphatic heterocycles. The number of para-hydroxylation sites is 1. The number of halogens is 1. The average molecular weight is 321 g/mol. The first-order chi connectivity index (χ1) is 7.79. The molecule has 0 unspecified atom stereocenters. The second kappa shape index (κ2) is 4.99. The van der Waals surface area contributed by atoms with Gasteiger partial charge in [0.05, 0.1) is 15.2 Å². The lowest BCUT2D eigenvalue weighted by Crippen LogP contribution is -1.87. The van der Waals surface area contributed by atoms with E-state index in [9.17, 15) is 0 Å². The number of hydrogen-bond donors (Lipinski definition) is 0. The van der Waals surface area contributed by atoms with Gasteiger partial charge in [0.15, 0.2) is 0 Å². The lowest BCUT2D eigenvalue weighted by molar-refractivity contribution is 0.479. The highest BCUT2D eigenvalue weighted by Crippen LogP contribution is 2.26. The maximum absolute atomic E-state index is 8.78.